The molecule has 2 N–H and O–H groups in total. The maximum atomic E-state index is 12.3. The fourth-order valence-corrected chi connectivity index (χ4v) is 3.58. The normalized spacial score (nSPS) is 17.4. The van der Waals surface area contributed by atoms with Crippen LogP contribution in [-0.2, 0) is 14.8 Å². The number of rotatable bonds is 6. The van der Waals surface area contributed by atoms with Gasteiger partial charge in [-0.05, 0) is 49.2 Å². The lowest BCUT2D eigenvalue weighted by Crippen LogP contribution is -2.31. The number of hydrogen-bond donors (Lipinski definition) is 2. The summed E-state index contributed by atoms with van der Waals surface area (Å²) in [5, 5.41) is 2.72. The molecule has 0 spiro atoms. The summed E-state index contributed by atoms with van der Waals surface area (Å²) in [7, 11) is -3.62. The van der Waals surface area contributed by atoms with Crippen LogP contribution in [0.2, 0.25) is 0 Å². The molecule has 132 valence electrons. The van der Waals surface area contributed by atoms with Gasteiger partial charge in [-0.25, -0.2) is 13.1 Å². The molecule has 1 saturated heterocycles. The number of carbonyl (C=O) groups is 1. The topological polar surface area (TPSA) is 97.4 Å². The average Bonchev–Trinajstić information content (AvgIpc) is 3.15. The van der Waals surface area contributed by atoms with E-state index < -0.39 is 10.0 Å². The lowest BCUT2D eigenvalue weighted by molar-refractivity contribution is 0.102. The number of amides is 1. The van der Waals surface area contributed by atoms with Crippen molar-refractivity contribution in [3.63, 3.8) is 0 Å². The smallest absolute Gasteiger partial charge is 0.255 e. The van der Waals surface area contributed by atoms with Crippen LogP contribution in [0.15, 0.2) is 53.7 Å². The molecule has 1 aromatic heterocycles. The van der Waals surface area contributed by atoms with Gasteiger partial charge >= 0.3 is 0 Å². The molecule has 1 aliphatic heterocycles. The van der Waals surface area contributed by atoms with E-state index in [1.165, 1.54) is 24.3 Å². The maximum Gasteiger partial charge on any atom is 0.255 e. The molecular formula is C17H19N3O4S. The standard InChI is InChI=1S/C17H19N3O4S/c21-17(20-14-7-9-18-10-8-14)13-3-5-16(6-4-13)25(22,23)19-12-15-2-1-11-24-15/h3-10,15,19H,1-2,11-12H2,(H,18,20,21). The largest absolute Gasteiger partial charge is 0.377 e. The van der Waals surface area contributed by atoms with Crippen molar-refractivity contribution in [2.24, 2.45) is 0 Å². The van der Waals surface area contributed by atoms with Crippen molar-refractivity contribution < 1.29 is 17.9 Å². The Morgan fingerprint density at radius 2 is 1.88 bits per heavy atom. The minimum atomic E-state index is -3.62. The Hall–Kier alpha value is -2.29. The van der Waals surface area contributed by atoms with E-state index in [1.807, 2.05) is 0 Å². The molecule has 0 bridgehead atoms. The highest BCUT2D eigenvalue weighted by Gasteiger charge is 2.20. The van der Waals surface area contributed by atoms with Crippen molar-refractivity contribution in [2.45, 2.75) is 23.8 Å². The fourth-order valence-electron chi connectivity index (χ4n) is 2.52. The zero-order valence-corrected chi connectivity index (χ0v) is 14.3. The summed E-state index contributed by atoms with van der Waals surface area (Å²) in [6.45, 7) is 0.931. The van der Waals surface area contributed by atoms with Crippen molar-refractivity contribution in [3.8, 4) is 0 Å². The van der Waals surface area contributed by atoms with E-state index >= 15 is 0 Å². The maximum absolute atomic E-state index is 12.3. The van der Waals surface area contributed by atoms with E-state index in [0.29, 0.717) is 17.9 Å². The fraction of sp³-hybridized carbons (Fsp3) is 0.294. The van der Waals surface area contributed by atoms with Gasteiger partial charge < -0.3 is 10.1 Å². The zero-order chi connectivity index (χ0) is 17.7. The quantitative estimate of drug-likeness (QED) is 0.817. The summed E-state index contributed by atoms with van der Waals surface area (Å²) in [5.41, 5.74) is 0.991. The molecule has 3 rings (SSSR count). The van der Waals surface area contributed by atoms with Gasteiger partial charge in [-0.15, -0.1) is 0 Å². The van der Waals surface area contributed by atoms with Crippen LogP contribution in [0.25, 0.3) is 0 Å². The molecule has 2 aromatic rings. The predicted octanol–water partition coefficient (Wildman–Crippen LogP) is 1.79. The third-order valence-corrected chi connectivity index (χ3v) is 5.33. The first kappa shape index (κ1) is 17.5. The molecule has 8 heteroatoms. The van der Waals surface area contributed by atoms with E-state index in [1.54, 1.807) is 24.5 Å². The molecule has 1 unspecified atom stereocenters. The summed E-state index contributed by atoms with van der Waals surface area (Å²) in [5.74, 6) is -0.317. The van der Waals surface area contributed by atoms with Gasteiger partial charge in [0.2, 0.25) is 10.0 Å². The molecule has 0 saturated carbocycles. The molecule has 25 heavy (non-hydrogen) atoms. The highest BCUT2D eigenvalue weighted by atomic mass is 32.2. The SMILES string of the molecule is O=C(Nc1ccncc1)c1ccc(S(=O)(=O)NCC2CCCO2)cc1. The Bertz CT molecular complexity index is 817. The van der Waals surface area contributed by atoms with E-state index in [2.05, 4.69) is 15.0 Å². The molecular weight excluding hydrogens is 342 g/mol. The minimum Gasteiger partial charge on any atom is -0.377 e. The molecule has 1 fully saturated rings. The third kappa shape index (κ3) is 4.62. The number of hydrogen-bond acceptors (Lipinski definition) is 5. The van der Waals surface area contributed by atoms with Gasteiger partial charge in [-0.3, -0.25) is 9.78 Å². The number of carbonyl (C=O) groups excluding carboxylic acids is 1. The number of ether oxygens (including phenoxy) is 1. The second kappa shape index (κ2) is 7.73. The Morgan fingerprint density at radius 3 is 2.52 bits per heavy atom. The molecule has 1 atom stereocenters. The number of benzene rings is 1. The van der Waals surface area contributed by atoms with Crippen LogP contribution in [0, 0.1) is 0 Å². The lowest BCUT2D eigenvalue weighted by Gasteiger charge is -2.11. The van der Waals surface area contributed by atoms with Crippen molar-refractivity contribution in [3.05, 3.63) is 54.4 Å². The van der Waals surface area contributed by atoms with E-state index in [9.17, 15) is 13.2 Å². The summed E-state index contributed by atoms with van der Waals surface area (Å²) < 4.78 is 32.5. The second-order valence-electron chi connectivity index (χ2n) is 5.70. The van der Waals surface area contributed by atoms with Crippen molar-refractivity contribution in [2.75, 3.05) is 18.5 Å². The highest BCUT2D eigenvalue weighted by molar-refractivity contribution is 7.89. The Balaban J connectivity index is 1.63. The number of nitrogens with one attached hydrogen (secondary N) is 2. The summed E-state index contributed by atoms with van der Waals surface area (Å²) in [6, 6.07) is 9.14. The highest BCUT2D eigenvalue weighted by Crippen LogP contribution is 2.15. The van der Waals surface area contributed by atoms with Gasteiger partial charge in [0, 0.05) is 36.8 Å². The van der Waals surface area contributed by atoms with Crippen LogP contribution >= 0.6 is 0 Å². The van der Waals surface area contributed by atoms with Crippen molar-refractivity contribution >= 4 is 21.6 Å². The minimum absolute atomic E-state index is 0.0693. The molecule has 1 aliphatic rings. The summed E-state index contributed by atoms with van der Waals surface area (Å²) in [6.07, 6.45) is 4.89. The first-order valence-electron chi connectivity index (χ1n) is 7.97. The Kier molecular flexibility index (Phi) is 5.42. The number of aromatic nitrogens is 1. The van der Waals surface area contributed by atoms with E-state index in [4.69, 9.17) is 4.74 Å². The molecule has 0 radical (unpaired) electrons. The van der Waals surface area contributed by atoms with Gasteiger partial charge in [0.25, 0.3) is 5.91 Å². The second-order valence-corrected chi connectivity index (χ2v) is 7.47. The predicted molar refractivity (Wildman–Crippen MR) is 92.8 cm³/mol. The average molecular weight is 361 g/mol. The molecule has 1 amide bonds. The van der Waals surface area contributed by atoms with Gasteiger partial charge in [0.05, 0.1) is 11.0 Å². The van der Waals surface area contributed by atoms with Crippen LogP contribution in [0.3, 0.4) is 0 Å². The number of sulfonamides is 1. The monoisotopic (exact) mass is 361 g/mol. The zero-order valence-electron chi connectivity index (χ0n) is 13.5. The molecule has 0 aliphatic carbocycles. The van der Waals surface area contributed by atoms with Crippen molar-refractivity contribution in [1.82, 2.24) is 9.71 Å². The first-order chi connectivity index (χ1) is 12.0. The molecule has 2 heterocycles. The summed E-state index contributed by atoms with van der Waals surface area (Å²) >= 11 is 0. The number of nitrogens with zero attached hydrogens (tertiary/aromatic N) is 1. The number of anilines is 1. The van der Waals surface area contributed by atoms with E-state index in [-0.39, 0.29) is 23.5 Å². The van der Waals surface area contributed by atoms with Gasteiger partial charge in [0.15, 0.2) is 0 Å². The molecule has 1 aromatic carbocycles. The van der Waals surface area contributed by atoms with Gasteiger partial charge in [-0.1, -0.05) is 0 Å². The number of pyridine rings is 1. The van der Waals surface area contributed by atoms with Crippen molar-refractivity contribution in [1.29, 1.82) is 0 Å². The molecule has 7 nitrogen and oxygen atoms in total. The van der Waals surface area contributed by atoms with Crippen LogP contribution < -0.4 is 10.0 Å². The Morgan fingerprint density at radius 1 is 1.16 bits per heavy atom. The lowest BCUT2D eigenvalue weighted by atomic mass is 10.2. The van der Waals surface area contributed by atoms with Crippen LogP contribution in [0.1, 0.15) is 23.2 Å². The summed E-state index contributed by atoms with van der Waals surface area (Å²) in [4.78, 5) is 16.2. The van der Waals surface area contributed by atoms with Crippen LogP contribution in [0.4, 0.5) is 5.69 Å². The Labute approximate surface area is 146 Å². The van der Waals surface area contributed by atoms with Crippen LogP contribution in [0.5, 0.6) is 0 Å². The van der Waals surface area contributed by atoms with Gasteiger partial charge in [-0.2, -0.15) is 0 Å². The van der Waals surface area contributed by atoms with Gasteiger partial charge in [0.1, 0.15) is 0 Å². The first-order valence-corrected chi connectivity index (χ1v) is 9.46. The third-order valence-electron chi connectivity index (χ3n) is 3.89. The van der Waals surface area contributed by atoms with Crippen LogP contribution in [-0.4, -0.2) is 38.6 Å². The van der Waals surface area contributed by atoms with E-state index in [0.717, 1.165) is 12.8 Å².